The van der Waals surface area contributed by atoms with E-state index in [1.54, 1.807) is 12.2 Å². The van der Waals surface area contributed by atoms with Crippen LogP contribution in [-0.2, 0) is 9.53 Å². The van der Waals surface area contributed by atoms with E-state index in [4.69, 9.17) is 4.74 Å². The second-order valence-electron chi connectivity index (χ2n) is 1.95. The molecule has 0 atom stereocenters. The summed E-state index contributed by atoms with van der Waals surface area (Å²) in [6, 6.07) is 0. The highest BCUT2D eigenvalue weighted by Gasteiger charge is 2.38. The maximum Gasteiger partial charge on any atom is 0.471 e. The first-order valence-corrected chi connectivity index (χ1v) is 3.41. The molecule has 0 rings (SSSR count). The van der Waals surface area contributed by atoms with Crippen molar-refractivity contribution in [2.75, 3.05) is 19.8 Å². The number of rotatable bonds is 4. The van der Waals surface area contributed by atoms with E-state index in [0.29, 0.717) is 6.61 Å². The maximum atomic E-state index is 11.5. The van der Waals surface area contributed by atoms with Crippen molar-refractivity contribution in [1.29, 1.82) is 0 Å². The van der Waals surface area contributed by atoms with Gasteiger partial charge in [-0.05, 0) is 6.92 Å². The lowest BCUT2D eigenvalue weighted by atomic mass is 10.5. The van der Waals surface area contributed by atoms with Gasteiger partial charge in [-0.2, -0.15) is 13.2 Å². The van der Waals surface area contributed by atoms with Gasteiger partial charge in [0.15, 0.2) is 0 Å². The van der Waals surface area contributed by atoms with Crippen LogP contribution in [0.2, 0.25) is 0 Å². The number of ether oxygens (including phenoxy) is 1. The van der Waals surface area contributed by atoms with E-state index in [1.165, 1.54) is 0 Å². The van der Waals surface area contributed by atoms with Gasteiger partial charge in [-0.3, -0.25) is 4.79 Å². The molecule has 0 fully saturated rings. The highest BCUT2D eigenvalue weighted by Crippen LogP contribution is 2.13. The van der Waals surface area contributed by atoms with Crippen LogP contribution in [0.25, 0.3) is 0 Å². The highest BCUT2D eigenvalue weighted by molar-refractivity contribution is 5.81. The summed E-state index contributed by atoms with van der Waals surface area (Å²) >= 11 is 0. The molecule has 12 heavy (non-hydrogen) atoms. The van der Waals surface area contributed by atoms with Crippen LogP contribution in [-0.4, -0.2) is 31.8 Å². The second kappa shape index (κ2) is 4.97. The molecule has 0 aliphatic carbocycles. The zero-order valence-corrected chi connectivity index (χ0v) is 6.57. The molecule has 0 aromatic heterocycles. The topological polar surface area (TPSA) is 38.3 Å². The van der Waals surface area contributed by atoms with Gasteiger partial charge in [0.1, 0.15) is 0 Å². The van der Waals surface area contributed by atoms with Crippen LogP contribution in [0.1, 0.15) is 6.92 Å². The fourth-order valence-corrected chi connectivity index (χ4v) is 0.481. The summed E-state index contributed by atoms with van der Waals surface area (Å²) in [6.07, 6.45) is -4.80. The Hall–Kier alpha value is -0.780. The lowest BCUT2D eigenvalue weighted by Crippen LogP contribution is -2.38. The minimum atomic E-state index is -4.80. The molecule has 0 unspecified atom stereocenters. The van der Waals surface area contributed by atoms with E-state index in [-0.39, 0.29) is 13.2 Å². The van der Waals surface area contributed by atoms with E-state index in [0.717, 1.165) is 0 Å². The largest absolute Gasteiger partial charge is 0.471 e. The normalized spacial score (nSPS) is 11.3. The molecule has 0 radical (unpaired) electrons. The van der Waals surface area contributed by atoms with Gasteiger partial charge in [0, 0.05) is 13.2 Å². The molecular weight excluding hydrogens is 175 g/mol. The summed E-state index contributed by atoms with van der Waals surface area (Å²) in [5.74, 6) is -1.93. The number of alkyl halides is 3. The number of carbonyl (C=O) groups is 1. The summed E-state index contributed by atoms with van der Waals surface area (Å²) in [5, 5.41) is 1.67. The Labute approximate surface area is 67.9 Å². The highest BCUT2D eigenvalue weighted by atomic mass is 19.4. The van der Waals surface area contributed by atoms with Crippen LogP contribution >= 0.6 is 0 Å². The number of nitrogens with one attached hydrogen (secondary N) is 1. The molecule has 0 heterocycles. The number of amides is 1. The van der Waals surface area contributed by atoms with Crippen LogP contribution in [0.15, 0.2) is 0 Å². The van der Waals surface area contributed by atoms with Gasteiger partial charge in [0.05, 0.1) is 6.61 Å². The zero-order chi connectivity index (χ0) is 9.61. The van der Waals surface area contributed by atoms with E-state index in [9.17, 15) is 18.0 Å². The number of hydrogen-bond donors (Lipinski definition) is 1. The summed E-state index contributed by atoms with van der Waals surface area (Å²) in [6.45, 7) is 2.11. The predicted octanol–water partition coefficient (Wildman–Crippen LogP) is 0.701. The first-order valence-electron chi connectivity index (χ1n) is 3.41. The molecule has 0 saturated heterocycles. The first kappa shape index (κ1) is 11.2. The molecule has 3 nitrogen and oxygen atoms in total. The average Bonchev–Trinajstić information content (AvgIpc) is 1.96. The predicted molar refractivity (Wildman–Crippen MR) is 35.6 cm³/mol. The van der Waals surface area contributed by atoms with E-state index in [2.05, 4.69) is 0 Å². The third-order valence-corrected chi connectivity index (χ3v) is 0.994. The Bertz CT molecular complexity index is 146. The van der Waals surface area contributed by atoms with Crippen LogP contribution in [0.5, 0.6) is 0 Å². The zero-order valence-electron chi connectivity index (χ0n) is 6.57. The van der Waals surface area contributed by atoms with Crippen molar-refractivity contribution in [3.05, 3.63) is 0 Å². The molecule has 6 heteroatoms. The third-order valence-electron chi connectivity index (χ3n) is 0.994. The van der Waals surface area contributed by atoms with Gasteiger partial charge in [-0.15, -0.1) is 0 Å². The third kappa shape index (κ3) is 4.95. The summed E-state index contributed by atoms with van der Waals surface area (Å²) < 4.78 is 39.2. The molecule has 0 saturated carbocycles. The maximum absolute atomic E-state index is 11.5. The van der Waals surface area contributed by atoms with Crippen molar-refractivity contribution in [3.8, 4) is 0 Å². The number of carbonyl (C=O) groups excluding carboxylic acids is 1. The lowest BCUT2D eigenvalue weighted by molar-refractivity contribution is -0.173. The number of hydrogen-bond acceptors (Lipinski definition) is 2. The summed E-state index contributed by atoms with van der Waals surface area (Å²) in [4.78, 5) is 10.1. The van der Waals surface area contributed by atoms with Crippen molar-refractivity contribution >= 4 is 5.91 Å². The SMILES string of the molecule is CCOCCNC(=O)C(F)(F)F. The van der Waals surface area contributed by atoms with Crippen LogP contribution in [0, 0.1) is 0 Å². The minimum absolute atomic E-state index is 0.0956. The molecule has 0 aromatic rings. The summed E-state index contributed by atoms with van der Waals surface area (Å²) in [7, 11) is 0. The van der Waals surface area contributed by atoms with Crippen molar-refractivity contribution in [2.45, 2.75) is 13.1 Å². The number of halogens is 3. The standard InChI is InChI=1S/C6H10F3NO2/c1-2-12-4-3-10-5(11)6(7,8)9/h2-4H2,1H3,(H,10,11). The van der Waals surface area contributed by atoms with E-state index >= 15 is 0 Å². The molecule has 1 amide bonds. The molecule has 1 N–H and O–H groups in total. The Kier molecular flexibility index (Phi) is 4.65. The minimum Gasteiger partial charge on any atom is -0.380 e. The van der Waals surface area contributed by atoms with Crippen molar-refractivity contribution < 1.29 is 22.7 Å². The molecule has 72 valence electrons. The smallest absolute Gasteiger partial charge is 0.380 e. The summed E-state index contributed by atoms with van der Waals surface area (Å²) in [5.41, 5.74) is 0. The van der Waals surface area contributed by atoms with E-state index < -0.39 is 12.1 Å². The monoisotopic (exact) mass is 185 g/mol. The lowest BCUT2D eigenvalue weighted by Gasteiger charge is -2.06. The van der Waals surface area contributed by atoms with Gasteiger partial charge in [0.25, 0.3) is 0 Å². The Balaban J connectivity index is 3.45. The fraction of sp³-hybridized carbons (Fsp3) is 0.833. The first-order chi connectivity index (χ1) is 5.48. The van der Waals surface area contributed by atoms with Gasteiger partial charge in [-0.25, -0.2) is 0 Å². The second-order valence-corrected chi connectivity index (χ2v) is 1.95. The van der Waals surface area contributed by atoms with Crippen LogP contribution < -0.4 is 5.32 Å². The van der Waals surface area contributed by atoms with Crippen LogP contribution in [0.4, 0.5) is 13.2 Å². The Morgan fingerprint density at radius 2 is 2.08 bits per heavy atom. The van der Waals surface area contributed by atoms with Crippen molar-refractivity contribution in [3.63, 3.8) is 0 Å². The average molecular weight is 185 g/mol. The van der Waals surface area contributed by atoms with Gasteiger partial charge in [0.2, 0.25) is 0 Å². The van der Waals surface area contributed by atoms with E-state index in [1.807, 2.05) is 0 Å². The molecule has 0 aliphatic rings. The van der Waals surface area contributed by atoms with Gasteiger partial charge >= 0.3 is 12.1 Å². The Morgan fingerprint density at radius 3 is 2.50 bits per heavy atom. The Morgan fingerprint density at radius 1 is 1.50 bits per heavy atom. The van der Waals surface area contributed by atoms with Crippen LogP contribution in [0.3, 0.4) is 0 Å². The van der Waals surface area contributed by atoms with Crippen molar-refractivity contribution in [2.24, 2.45) is 0 Å². The molecule has 0 spiro atoms. The molecule has 0 aromatic carbocycles. The fourth-order valence-electron chi connectivity index (χ4n) is 0.481. The van der Waals surface area contributed by atoms with Gasteiger partial charge in [-0.1, -0.05) is 0 Å². The molecular formula is C6H10F3NO2. The molecule has 0 aliphatic heterocycles. The molecule has 0 bridgehead atoms. The quantitative estimate of drug-likeness (QED) is 0.655. The van der Waals surface area contributed by atoms with Gasteiger partial charge < -0.3 is 10.1 Å². The van der Waals surface area contributed by atoms with Crippen molar-refractivity contribution in [1.82, 2.24) is 5.32 Å².